The van der Waals surface area contributed by atoms with Crippen molar-refractivity contribution in [1.29, 1.82) is 0 Å². The molecule has 0 aliphatic carbocycles. The molecule has 2 heteroatoms. The van der Waals surface area contributed by atoms with Crippen molar-refractivity contribution in [2.24, 2.45) is 5.73 Å². The summed E-state index contributed by atoms with van der Waals surface area (Å²) >= 11 is 0. The molecular formula is C19H25NO. The molecule has 2 aromatic rings. The predicted molar refractivity (Wildman–Crippen MR) is 88.5 cm³/mol. The number of hydrogen-bond acceptors (Lipinski definition) is 2. The van der Waals surface area contributed by atoms with Gasteiger partial charge in [0.25, 0.3) is 0 Å². The highest BCUT2D eigenvalue weighted by atomic mass is 16.5. The first-order valence-electron chi connectivity index (χ1n) is 7.68. The maximum Gasteiger partial charge on any atom is 0.124 e. The SMILES string of the molecule is CCC(N)c1ccccc1OCc1ccc(C(C)C)cc1. The van der Waals surface area contributed by atoms with Crippen molar-refractivity contribution in [1.82, 2.24) is 0 Å². The Labute approximate surface area is 127 Å². The van der Waals surface area contributed by atoms with Crippen LogP contribution in [-0.2, 0) is 6.61 Å². The van der Waals surface area contributed by atoms with E-state index < -0.39 is 0 Å². The van der Waals surface area contributed by atoms with Gasteiger partial charge in [-0.3, -0.25) is 0 Å². The van der Waals surface area contributed by atoms with Gasteiger partial charge in [0.2, 0.25) is 0 Å². The average Bonchev–Trinajstić information content (AvgIpc) is 2.52. The fourth-order valence-corrected chi connectivity index (χ4v) is 2.30. The highest BCUT2D eigenvalue weighted by Crippen LogP contribution is 2.26. The molecule has 0 aliphatic rings. The van der Waals surface area contributed by atoms with E-state index in [0.29, 0.717) is 12.5 Å². The Hall–Kier alpha value is -1.80. The molecule has 0 aromatic heterocycles. The van der Waals surface area contributed by atoms with Gasteiger partial charge < -0.3 is 10.5 Å². The first kappa shape index (κ1) is 15.6. The highest BCUT2D eigenvalue weighted by Gasteiger charge is 2.10. The molecule has 0 radical (unpaired) electrons. The minimum Gasteiger partial charge on any atom is -0.489 e. The molecule has 21 heavy (non-hydrogen) atoms. The van der Waals surface area contributed by atoms with Crippen LogP contribution in [0.15, 0.2) is 48.5 Å². The van der Waals surface area contributed by atoms with Gasteiger partial charge in [-0.2, -0.15) is 0 Å². The third-order valence-corrected chi connectivity index (χ3v) is 3.80. The molecule has 0 heterocycles. The van der Waals surface area contributed by atoms with Gasteiger partial charge in [0.05, 0.1) is 0 Å². The molecule has 2 N–H and O–H groups in total. The van der Waals surface area contributed by atoms with Gasteiger partial charge in [-0.05, 0) is 29.5 Å². The van der Waals surface area contributed by atoms with Crippen molar-refractivity contribution in [2.45, 2.75) is 45.8 Å². The molecule has 0 aliphatic heterocycles. The fourth-order valence-electron chi connectivity index (χ4n) is 2.30. The summed E-state index contributed by atoms with van der Waals surface area (Å²) < 4.78 is 5.97. The summed E-state index contributed by atoms with van der Waals surface area (Å²) in [6.45, 7) is 7.07. The zero-order valence-corrected chi connectivity index (χ0v) is 13.2. The lowest BCUT2D eigenvalue weighted by Gasteiger charge is -2.16. The Morgan fingerprint density at radius 3 is 2.29 bits per heavy atom. The zero-order valence-electron chi connectivity index (χ0n) is 13.2. The highest BCUT2D eigenvalue weighted by molar-refractivity contribution is 5.36. The Morgan fingerprint density at radius 1 is 1.00 bits per heavy atom. The lowest BCUT2D eigenvalue weighted by molar-refractivity contribution is 0.300. The van der Waals surface area contributed by atoms with Gasteiger partial charge in [0, 0.05) is 11.6 Å². The Bertz CT molecular complexity index is 560. The lowest BCUT2D eigenvalue weighted by atomic mass is 10.0. The Balaban J connectivity index is 2.06. The second-order valence-electron chi connectivity index (χ2n) is 5.74. The van der Waals surface area contributed by atoms with E-state index in [4.69, 9.17) is 10.5 Å². The number of hydrogen-bond donors (Lipinski definition) is 1. The monoisotopic (exact) mass is 283 g/mol. The predicted octanol–water partition coefficient (Wildman–Crippen LogP) is 4.80. The van der Waals surface area contributed by atoms with E-state index >= 15 is 0 Å². The summed E-state index contributed by atoms with van der Waals surface area (Å²) in [5.41, 5.74) is 9.75. The van der Waals surface area contributed by atoms with Crippen LogP contribution in [0.5, 0.6) is 5.75 Å². The normalized spacial score (nSPS) is 12.4. The molecule has 0 saturated heterocycles. The molecule has 112 valence electrons. The van der Waals surface area contributed by atoms with Gasteiger partial charge in [-0.25, -0.2) is 0 Å². The molecule has 2 rings (SSSR count). The number of nitrogens with two attached hydrogens (primary N) is 1. The molecule has 0 amide bonds. The van der Waals surface area contributed by atoms with E-state index in [0.717, 1.165) is 17.7 Å². The maximum atomic E-state index is 6.14. The van der Waals surface area contributed by atoms with Crippen LogP contribution in [0.1, 0.15) is 55.8 Å². The molecule has 2 nitrogen and oxygen atoms in total. The van der Waals surface area contributed by atoms with Crippen molar-refractivity contribution in [3.63, 3.8) is 0 Å². The van der Waals surface area contributed by atoms with Crippen molar-refractivity contribution in [3.8, 4) is 5.75 Å². The van der Waals surface area contributed by atoms with Crippen LogP contribution in [-0.4, -0.2) is 0 Å². The van der Waals surface area contributed by atoms with Crippen LogP contribution in [0.4, 0.5) is 0 Å². The van der Waals surface area contributed by atoms with E-state index in [-0.39, 0.29) is 6.04 Å². The number of benzene rings is 2. The molecule has 0 bridgehead atoms. The summed E-state index contributed by atoms with van der Waals surface area (Å²) in [5, 5.41) is 0. The summed E-state index contributed by atoms with van der Waals surface area (Å²) in [7, 11) is 0. The first-order valence-corrected chi connectivity index (χ1v) is 7.68. The molecule has 0 fully saturated rings. The number of rotatable bonds is 6. The van der Waals surface area contributed by atoms with E-state index in [2.05, 4.69) is 45.0 Å². The van der Waals surface area contributed by atoms with Crippen molar-refractivity contribution in [3.05, 3.63) is 65.2 Å². The van der Waals surface area contributed by atoms with E-state index in [1.165, 1.54) is 11.1 Å². The lowest BCUT2D eigenvalue weighted by Crippen LogP contribution is -2.10. The van der Waals surface area contributed by atoms with Gasteiger partial charge in [0.15, 0.2) is 0 Å². The third kappa shape index (κ3) is 4.08. The standard InChI is InChI=1S/C19H25NO/c1-4-18(20)17-7-5-6-8-19(17)21-13-15-9-11-16(12-10-15)14(2)3/h5-12,14,18H,4,13,20H2,1-3H3. The zero-order chi connectivity index (χ0) is 15.2. The summed E-state index contributed by atoms with van der Waals surface area (Å²) in [6.07, 6.45) is 0.906. The second kappa shape index (κ2) is 7.28. The molecule has 1 atom stereocenters. The van der Waals surface area contributed by atoms with E-state index in [9.17, 15) is 0 Å². The minimum atomic E-state index is 0.0320. The van der Waals surface area contributed by atoms with Crippen LogP contribution in [0.2, 0.25) is 0 Å². The van der Waals surface area contributed by atoms with Crippen LogP contribution in [0.3, 0.4) is 0 Å². The number of para-hydroxylation sites is 1. The summed E-state index contributed by atoms with van der Waals surface area (Å²) in [6, 6.07) is 16.7. The van der Waals surface area contributed by atoms with Crippen LogP contribution < -0.4 is 10.5 Å². The largest absolute Gasteiger partial charge is 0.489 e. The van der Waals surface area contributed by atoms with Crippen molar-refractivity contribution >= 4 is 0 Å². The molecule has 2 aromatic carbocycles. The summed E-state index contributed by atoms with van der Waals surface area (Å²) in [5.74, 6) is 1.45. The Morgan fingerprint density at radius 2 is 1.67 bits per heavy atom. The smallest absolute Gasteiger partial charge is 0.124 e. The molecule has 0 spiro atoms. The van der Waals surface area contributed by atoms with Crippen molar-refractivity contribution < 1.29 is 4.74 Å². The van der Waals surface area contributed by atoms with Gasteiger partial charge >= 0.3 is 0 Å². The topological polar surface area (TPSA) is 35.2 Å². The third-order valence-electron chi connectivity index (χ3n) is 3.80. The average molecular weight is 283 g/mol. The van der Waals surface area contributed by atoms with Gasteiger partial charge in [-0.1, -0.05) is 63.2 Å². The quantitative estimate of drug-likeness (QED) is 0.826. The van der Waals surface area contributed by atoms with Crippen molar-refractivity contribution in [2.75, 3.05) is 0 Å². The fraction of sp³-hybridized carbons (Fsp3) is 0.368. The first-order chi connectivity index (χ1) is 10.1. The van der Waals surface area contributed by atoms with Crippen LogP contribution in [0, 0.1) is 0 Å². The van der Waals surface area contributed by atoms with E-state index in [1.807, 2.05) is 24.3 Å². The van der Waals surface area contributed by atoms with Crippen LogP contribution >= 0.6 is 0 Å². The second-order valence-corrected chi connectivity index (χ2v) is 5.74. The van der Waals surface area contributed by atoms with Gasteiger partial charge in [-0.15, -0.1) is 0 Å². The maximum absolute atomic E-state index is 6.14. The van der Waals surface area contributed by atoms with Gasteiger partial charge in [0.1, 0.15) is 12.4 Å². The summed E-state index contributed by atoms with van der Waals surface area (Å²) in [4.78, 5) is 0. The molecule has 1 unspecified atom stereocenters. The minimum absolute atomic E-state index is 0.0320. The van der Waals surface area contributed by atoms with E-state index in [1.54, 1.807) is 0 Å². The molecular weight excluding hydrogens is 258 g/mol. The van der Waals surface area contributed by atoms with Crippen LogP contribution in [0.25, 0.3) is 0 Å². The Kier molecular flexibility index (Phi) is 5.40. The molecule has 0 saturated carbocycles. The number of ether oxygens (including phenoxy) is 1.